The Morgan fingerprint density at radius 3 is 2.53 bits per heavy atom. The van der Waals surface area contributed by atoms with E-state index in [2.05, 4.69) is 15.0 Å². The number of aromatic amines is 1. The van der Waals surface area contributed by atoms with Crippen molar-refractivity contribution >= 4 is 28.7 Å². The van der Waals surface area contributed by atoms with E-state index in [1.54, 1.807) is 0 Å². The first-order valence-corrected chi connectivity index (χ1v) is 11.1. The molecule has 15 heteroatoms. The van der Waals surface area contributed by atoms with Gasteiger partial charge in [-0.25, -0.2) is 23.1 Å². The van der Waals surface area contributed by atoms with Gasteiger partial charge in [0.1, 0.15) is 24.5 Å². The summed E-state index contributed by atoms with van der Waals surface area (Å²) in [6.45, 7) is -1.64. The predicted octanol–water partition coefficient (Wildman–Crippen LogP) is 1.99. The average Bonchev–Trinajstić information content (AvgIpc) is 3.23. The van der Waals surface area contributed by atoms with Crippen LogP contribution in [0.25, 0.3) is 16.9 Å². The molecular formula is C23H20ClF2N5O7. The molecule has 38 heavy (non-hydrogen) atoms. The van der Waals surface area contributed by atoms with Crippen molar-refractivity contribution in [1.82, 2.24) is 19.5 Å². The van der Waals surface area contributed by atoms with E-state index in [1.165, 1.54) is 32.4 Å². The lowest BCUT2D eigenvalue weighted by Gasteiger charge is -2.17. The molecule has 0 saturated carbocycles. The second kappa shape index (κ2) is 10.9. The number of fused-ring (bicyclic) bond motifs is 1. The van der Waals surface area contributed by atoms with E-state index in [9.17, 15) is 23.5 Å². The molecule has 0 bridgehead atoms. The van der Waals surface area contributed by atoms with Crippen molar-refractivity contribution < 1.29 is 37.6 Å². The Labute approximate surface area is 217 Å². The van der Waals surface area contributed by atoms with Crippen LogP contribution < -0.4 is 30.4 Å². The number of benzene rings is 2. The second-order valence-electron chi connectivity index (χ2n) is 7.61. The number of carbonyl (C=O) groups is 1. The molecule has 0 spiro atoms. The van der Waals surface area contributed by atoms with Gasteiger partial charge >= 0.3 is 5.69 Å². The summed E-state index contributed by atoms with van der Waals surface area (Å²) in [4.78, 5) is 35.0. The summed E-state index contributed by atoms with van der Waals surface area (Å²) in [6.07, 6.45) is 0. The summed E-state index contributed by atoms with van der Waals surface area (Å²) < 4.78 is 50.8. The maximum absolute atomic E-state index is 14.5. The lowest BCUT2D eigenvalue weighted by atomic mass is 10.2. The second-order valence-corrected chi connectivity index (χ2v) is 8.01. The number of imidazole rings is 1. The van der Waals surface area contributed by atoms with Crippen LogP contribution >= 0.6 is 11.6 Å². The van der Waals surface area contributed by atoms with Crippen LogP contribution in [0.4, 0.5) is 8.78 Å². The first-order chi connectivity index (χ1) is 18.2. The van der Waals surface area contributed by atoms with Gasteiger partial charge in [-0.3, -0.25) is 9.78 Å². The number of aliphatic hydroxyl groups is 1. The minimum atomic E-state index is -1.19. The molecule has 4 N–H and O–H groups in total. The molecule has 0 atom stereocenters. The van der Waals surface area contributed by atoms with Crippen molar-refractivity contribution in [2.75, 3.05) is 20.8 Å². The standard InChI is InChI=1S/C23H20ClF2N5O7/c1-35-14-4-3-12(25)19(26)10(14)8-37-16-6-13(11(24)5-15(16)38-9-17(27)33)31-21-20(30-23(31)34)22(36-2)29-18(7-32)28-21/h3-6,32H,7-9H2,1-2H3,(H2,27,33)(H,30,34). The average molecular weight is 552 g/mol. The molecule has 0 unspecified atom stereocenters. The summed E-state index contributed by atoms with van der Waals surface area (Å²) in [5.74, 6) is -3.32. The van der Waals surface area contributed by atoms with E-state index in [0.717, 1.165) is 10.6 Å². The van der Waals surface area contributed by atoms with Gasteiger partial charge in [0.15, 0.2) is 41.2 Å². The van der Waals surface area contributed by atoms with Gasteiger partial charge in [0.25, 0.3) is 5.91 Å². The number of hydrogen-bond donors (Lipinski definition) is 3. The van der Waals surface area contributed by atoms with Gasteiger partial charge < -0.3 is 29.8 Å². The number of aliphatic hydroxyl groups excluding tert-OH is 1. The van der Waals surface area contributed by atoms with Crippen LogP contribution in [0, 0.1) is 11.6 Å². The smallest absolute Gasteiger partial charge is 0.332 e. The number of nitrogens with one attached hydrogen (secondary N) is 1. The predicted molar refractivity (Wildman–Crippen MR) is 129 cm³/mol. The molecule has 0 aliphatic rings. The largest absolute Gasteiger partial charge is 0.496 e. The van der Waals surface area contributed by atoms with Gasteiger partial charge in [-0.15, -0.1) is 0 Å². The van der Waals surface area contributed by atoms with Gasteiger partial charge in [-0.1, -0.05) is 11.6 Å². The molecule has 4 aromatic rings. The topological polar surface area (TPSA) is 164 Å². The van der Waals surface area contributed by atoms with Crippen LogP contribution in [0.2, 0.25) is 5.02 Å². The molecule has 12 nitrogen and oxygen atoms in total. The molecule has 2 aromatic heterocycles. The van der Waals surface area contributed by atoms with Crippen LogP contribution in [-0.2, 0) is 18.0 Å². The SMILES string of the molecule is COc1ccc(F)c(F)c1COc1cc(-n2c(=O)[nH]c3c(OC)nc(CO)nc32)c(Cl)cc1OCC(N)=O. The first kappa shape index (κ1) is 26.6. The number of rotatable bonds is 10. The van der Waals surface area contributed by atoms with Gasteiger partial charge in [0.05, 0.1) is 30.5 Å². The Bertz CT molecular complexity index is 1590. The Morgan fingerprint density at radius 1 is 1.13 bits per heavy atom. The van der Waals surface area contributed by atoms with Crippen molar-refractivity contribution in [3.8, 4) is 28.8 Å². The molecule has 2 aromatic carbocycles. The number of methoxy groups -OCH3 is 2. The highest BCUT2D eigenvalue weighted by Crippen LogP contribution is 2.37. The molecule has 0 fully saturated rings. The number of aromatic nitrogens is 4. The molecule has 1 amide bonds. The quantitative estimate of drug-likeness (QED) is 0.267. The number of amides is 1. The maximum Gasteiger partial charge on any atom is 0.332 e. The summed E-state index contributed by atoms with van der Waals surface area (Å²) in [7, 11) is 2.60. The fourth-order valence-corrected chi connectivity index (χ4v) is 3.80. The highest BCUT2D eigenvalue weighted by molar-refractivity contribution is 6.32. The zero-order valence-corrected chi connectivity index (χ0v) is 20.6. The van der Waals surface area contributed by atoms with E-state index < -0.39 is 43.1 Å². The molecule has 2 heterocycles. The third-order valence-corrected chi connectivity index (χ3v) is 5.56. The fourth-order valence-electron chi connectivity index (χ4n) is 3.56. The number of nitrogens with two attached hydrogens (primary N) is 1. The van der Waals surface area contributed by atoms with Crippen LogP contribution in [0.3, 0.4) is 0 Å². The minimum absolute atomic E-state index is 0.00224. The van der Waals surface area contributed by atoms with Gasteiger partial charge in [0.2, 0.25) is 5.88 Å². The van der Waals surface area contributed by atoms with Crippen LogP contribution in [0.1, 0.15) is 11.4 Å². The number of nitrogens with zero attached hydrogens (tertiary/aromatic N) is 3. The zero-order chi connectivity index (χ0) is 27.6. The van der Waals surface area contributed by atoms with E-state index >= 15 is 0 Å². The third kappa shape index (κ3) is 5.03. The first-order valence-electron chi connectivity index (χ1n) is 10.7. The third-order valence-electron chi connectivity index (χ3n) is 5.25. The van der Waals surface area contributed by atoms with E-state index in [4.69, 9.17) is 36.3 Å². The number of ether oxygens (including phenoxy) is 4. The summed E-state index contributed by atoms with van der Waals surface area (Å²) in [6, 6.07) is 4.64. The number of hydrogen-bond acceptors (Lipinski definition) is 9. The minimum Gasteiger partial charge on any atom is -0.496 e. The van der Waals surface area contributed by atoms with E-state index in [-0.39, 0.29) is 56.4 Å². The van der Waals surface area contributed by atoms with Crippen molar-refractivity contribution in [3.05, 3.63) is 62.8 Å². The van der Waals surface area contributed by atoms with Gasteiger partial charge in [-0.05, 0) is 12.1 Å². The molecule has 0 aliphatic heterocycles. The van der Waals surface area contributed by atoms with E-state index in [0.29, 0.717) is 0 Å². The summed E-state index contributed by atoms with van der Waals surface area (Å²) in [5, 5.41) is 9.50. The number of halogens is 3. The number of primary amides is 1. The van der Waals surface area contributed by atoms with Crippen molar-refractivity contribution in [2.45, 2.75) is 13.2 Å². The molecule has 4 rings (SSSR count). The molecule has 0 aliphatic carbocycles. The Morgan fingerprint density at radius 2 is 1.87 bits per heavy atom. The Balaban J connectivity index is 1.86. The Kier molecular flexibility index (Phi) is 7.64. The van der Waals surface area contributed by atoms with Crippen molar-refractivity contribution in [1.29, 1.82) is 0 Å². The fraction of sp³-hybridized carbons (Fsp3) is 0.217. The highest BCUT2D eigenvalue weighted by atomic mass is 35.5. The van der Waals surface area contributed by atoms with Crippen LogP contribution in [0.15, 0.2) is 29.1 Å². The zero-order valence-electron chi connectivity index (χ0n) is 19.9. The lowest BCUT2D eigenvalue weighted by Crippen LogP contribution is -2.20. The van der Waals surface area contributed by atoms with Gasteiger partial charge in [0, 0.05) is 12.1 Å². The summed E-state index contributed by atoms with van der Waals surface area (Å²) >= 11 is 6.46. The summed E-state index contributed by atoms with van der Waals surface area (Å²) in [5.41, 5.74) is 4.40. The number of carbonyl (C=O) groups excluding carboxylic acids is 1. The van der Waals surface area contributed by atoms with Gasteiger partial charge in [-0.2, -0.15) is 4.98 Å². The van der Waals surface area contributed by atoms with E-state index in [1.807, 2.05) is 0 Å². The van der Waals surface area contributed by atoms with Crippen molar-refractivity contribution in [2.24, 2.45) is 5.73 Å². The molecular weight excluding hydrogens is 532 g/mol. The monoisotopic (exact) mass is 551 g/mol. The molecule has 200 valence electrons. The molecule has 0 saturated heterocycles. The molecule has 0 radical (unpaired) electrons. The van der Waals surface area contributed by atoms with Crippen LogP contribution in [0.5, 0.6) is 23.1 Å². The maximum atomic E-state index is 14.5. The van der Waals surface area contributed by atoms with Crippen LogP contribution in [-0.4, -0.2) is 51.4 Å². The number of H-pyrrole nitrogens is 1. The lowest BCUT2D eigenvalue weighted by molar-refractivity contribution is -0.119. The Hall–Kier alpha value is -4.43. The van der Waals surface area contributed by atoms with Crippen molar-refractivity contribution in [3.63, 3.8) is 0 Å². The normalized spacial score (nSPS) is 11.0. The highest BCUT2D eigenvalue weighted by Gasteiger charge is 2.22.